The Morgan fingerprint density at radius 2 is 1.62 bits per heavy atom. The third-order valence-electron chi connectivity index (χ3n) is 3.08. The molecule has 1 rings (SSSR count). The van der Waals surface area contributed by atoms with Gasteiger partial charge in [0, 0.05) is 13.1 Å². The fourth-order valence-electron chi connectivity index (χ4n) is 1.94. The van der Waals surface area contributed by atoms with E-state index in [0.29, 0.717) is 13.0 Å². The largest absolute Gasteiger partial charge is 0.460 e. The van der Waals surface area contributed by atoms with Gasteiger partial charge in [-0.25, -0.2) is 0 Å². The van der Waals surface area contributed by atoms with Crippen LogP contribution in [-0.4, -0.2) is 18.1 Å². The Bertz CT molecular complexity index is 450. The number of hydrogen-bond donors (Lipinski definition) is 1. The van der Waals surface area contributed by atoms with Crippen LogP contribution in [0.1, 0.15) is 59.1 Å². The van der Waals surface area contributed by atoms with E-state index in [1.807, 2.05) is 20.8 Å². The van der Waals surface area contributed by atoms with Gasteiger partial charge in [-0.1, -0.05) is 45.0 Å². The number of esters is 1. The van der Waals surface area contributed by atoms with Crippen molar-refractivity contribution < 1.29 is 9.53 Å². The molecule has 0 unspecified atom stereocenters. The molecular weight excluding hydrogens is 262 g/mol. The third-order valence-corrected chi connectivity index (χ3v) is 3.08. The number of carbonyl (C=O) groups excluding carboxylic acids is 1. The van der Waals surface area contributed by atoms with Gasteiger partial charge in [0.05, 0.1) is 6.42 Å². The standard InChI is InChI=1S/C18H29NO2/c1-17(2,3)15-9-7-14(8-10-15)13-19-12-11-16(20)21-18(4,5)6/h7-10,19H,11-13H2,1-6H3. The molecule has 1 N–H and O–H groups in total. The molecule has 0 aliphatic heterocycles. The lowest BCUT2D eigenvalue weighted by molar-refractivity contribution is -0.154. The first-order chi connectivity index (χ1) is 9.58. The highest BCUT2D eigenvalue weighted by molar-refractivity contribution is 5.70. The van der Waals surface area contributed by atoms with Gasteiger partial charge in [0.1, 0.15) is 5.60 Å². The highest BCUT2D eigenvalue weighted by Crippen LogP contribution is 2.22. The maximum Gasteiger partial charge on any atom is 0.307 e. The van der Waals surface area contributed by atoms with Crippen molar-refractivity contribution in [1.82, 2.24) is 5.32 Å². The minimum absolute atomic E-state index is 0.155. The van der Waals surface area contributed by atoms with Gasteiger partial charge in [-0.05, 0) is 37.3 Å². The van der Waals surface area contributed by atoms with Crippen LogP contribution in [0.3, 0.4) is 0 Å². The van der Waals surface area contributed by atoms with Crippen molar-refractivity contribution in [2.24, 2.45) is 0 Å². The second kappa shape index (κ2) is 7.08. The van der Waals surface area contributed by atoms with Crippen LogP contribution in [0.15, 0.2) is 24.3 Å². The minimum Gasteiger partial charge on any atom is -0.460 e. The highest BCUT2D eigenvalue weighted by Gasteiger charge is 2.15. The molecule has 0 bridgehead atoms. The minimum atomic E-state index is -0.403. The Labute approximate surface area is 129 Å². The topological polar surface area (TPSA) is 38.3 Å². The van der Waals surface area contributed by atoms with Gasteiger partial charge < -0.3 is 10.1 Å². The summed E-state index contributed by atoms with van der Waals surface area (Å²) in [6.45, 7) is 13.7. The van der Waals surface area contributed by atoms with Crippen LogP contribution < -0.4 is 5.32 Å². The van der Waals surface area contributed by atoms with Crippen LogP contribution in [-0.2, 0) is 21.5 Å². The molecular formula is C18H29NO2. The number of nitrogens with one attached hydrogen (secondary N) is 1. The lowest BCUT2D eigenvalue weighted by Crippen LogP contribution is -2.26. The maximum absolute atomic E-state index is 11.6. The van der Waals surface area contributed by atoms with Crippen LogP contribution >= 0.6 is 0 Å². The molecule has 1 aromatic carbocycles. The van der Waals surface area contributed by atoms with Crippen LogP contribution in [0.5, 0.6) is 0 Å². The molecule has 21 heavy (non-hydrogen) atoms. The van der Waals surface area contributed by atoms with E-state index in [1.165, 1.54) is 11.1 Å². The van der Waals surface area contributed by atoms with Crippen LogP contribution in [0.4, 0.5) is 0 Å². The highest BCUT2D eigenvalue weighted by atomic mass is 16.6. The summed E-state index contributed by atoms with van der Waals surface area (Å²) in [4.78, 5) is 11.6. The van der Waals surface area contributed by atoms with E-state index in [-0.39, 0.29) is 11.4 Å². The molecule has 0 saturated carbocycles. The summed E-state index contributed by atoms with van der Waals surface area (Å²) in [7, 11) is 0. The van der Waals surface area contributed by atoms with Crippen molar-refractivity contribution in [3.8, 4) is 0 Å². The zero-order valence-electron chi connectivity index (χ0n) is 14.2. The normalized spacial score (nSPS) is 12.3. The van der Waals surface area contributed by atoms with E-state index >= 15 is 0 Å². The summed E-state index contributed by atoms with van der Waals surface area (Å²) in [6, 6.07) is 8.62. The average molecular weight is 291 g/mol. The Hall–Kier alpha value is -1.35. The van der Waals surface area contributed by atoms with Gasteiger partial charge in [0.15, 0.2) is 0 Å². The molecule has 0 aliphatic carbocycles. The molecule has 118 valence electrons. The molecule has 0 heterocycles. The van der Waals surface area contributed by atoms with E-state index in [4.69, 9.17) is 4.74 Å². The molecule has 0 atom stereocenters. The van der Waals surface area contributed by atoms with Gasteiger partial charge in [0.25, 0.3) is 0 Å². The molecule has 0 aromatic heterocycles. The summed E-state index contributed by atoms with van der Waals surface area (Å²) in [5.74, 6) is -0.155. The fraction of sp³-hybridized carbons (Fsp3) is 0.611. The zero-order chi connectivity index (χ0) is 16.1. The first-order valence-corrected chi connectivity index (χ1v) is 7.60. The predicted octanol–water partition coefficient (Wildman–Crippen LogP) is 3.81. The van der Waals surface area contributed by atoms with E-state index in [9.17, 15) is 4.79 Å². The molecule has 0 fully saturated rings. The summed E-state index contributed by atoms with van der Waals surface area (Å²) >= 11 is 0. The van der Waals surface area contributed by atoms with Crippen molar-refractivity contribution in [3.05, 3.63) is 35.4 Å². The first kappa shape index (κ1) is 17.7. The quantitative estimate of drug-likeness (QED) is 0.662. The van der Waals surface area contributed by atoms with Crippen LogP contribution in [0.25, 0.3) is 0 Å². The number of ether oxygens (including phenoxy) is 1. The van der Waals surface area contributed by atoms with E-state index < -0.39 is 5.60 Å². The molecule has 3 nitrogen and oxygen atoms in total. The molecule has 0 saturated heterocycles. The van der Waals surface area contributed by atoms with Gasteiger partial charge in [0.2, 0.25) is 0 Å². The van der Waals surface area contributed by atoms with Crippen molar-refractivity contribution in [2.45, 2.75) is 65.5 Å². The van der Waals surface area contributed by atoms with Crippen molar-refractivity contribution in [3.63, 3.8) is 0 Å². The van der Waals surface area contributed by atoms with Gasteiger partial charge >= 0.3 is 5.97 Å². The zero-order valence-corrected chi connectivity index (χ0v) is 14.2. The van der Waals surface area contributed by atoms with Crippen molar-refractivity contribution >= 4 is 5.97 Å². The van der Waals surface area contributed by atoms with E-state index in [1.54, 1.807) is 0 Å². The number of rotatable bonds is 5. The monoisotopic (exact) mass is 291 g/mol. The molecule has 3 heteroatoms. The average Bonchev–Trinajstić information content (AvgIpc) is 2.32. The number of carbonyl (C=O) groups is 1. The molecule has 0 aliphatic rings. The Kier molecular flexibility index (Phi) is 5.97. The van der Waals surface area contributed by atoms with Gasteiger partial charge in [-0.15, -0.1) is 0 Å². The summed E-state index contributed by atoms with van der Waals surface area (Å²) < 4.78 is 5.26. The molecule has 1 aromatic rings. The summed E-state index contributed by atoms with van der Waals surface area (Å²) in [5.41, 5.74) is 2.34. The first-order valence-electron chi connectivity index (χ1n) is 7.60. The third kappa shape index (κ3) is 7.28. The Balaban J connectivity index is 2.32. The van der Waals surface area contributed by atoms with Gasteiger partial charge in [-0.3, -0.25) is 4.79 Å². The van der Waals surface area contributed by atoms with Crippen LogP contribution in [0, 0.1) is 0 Å². The SMILES string of the molecule is CC(C)(C)OC(=O)CCNCc1ccc(C(C)(C)C)cc1. The second-order valence-corrected chi connectivity index (χ2v) is 7.46. The summed E-state index contributed by atoms with van der Waals surface area (Å²) in [6.07, 6.45) is 0.400. The lowest BCUT2D eigenvalue weighted by Gasteiger charge is -2.20. The predicted molar refractivity (Wildman–Crippen MR) is 87.3 cm³/mol. The fourth-order valence-corrected chi connectivity index (χ4v) is 1.94. The molecule has 0 radical (unpaired) electrons. The number of hydrogen-bond acceptors (Lipinski definition) is 3. The molecule has 0 amide bonds. The maximum atomic E-state index is 11.6. The van der Waals surface area contributed by atoms with E-state index in [0.717, 1.165) is 6.54 Å². The Morgan fingerprint density at radius 1 is 1.05 bits per heavy atom. The van der Waals surface area contributed by atoms with Gasteiger partial charge in [-0.2, -0.15) is 0 Å². The second-order valence-electron chi connectivity index (χ2n) is 7.46. The summed E-state index contributed by atoms with van der Waals surface area (Å²) in [5, 5.41) is 3.28. The lowest BCUT2D eigenvalue weighted by atomic mass is 9.87. The number of benzene rings is 1. The van der Waals surface area contributed by atoms with Crippen LogP contribution in [0.2, 0.25) is 0 Å². The van der Waals surface area contributed by atoms with E-state index in [2.05, 4.69) is 50.4 Å². The smallest absolute Gasteiger partial charge is 0.307 e. The van der Waals surface area contributed by atoms with Crippen molar-refractivity contribution in [1.29, 1.82) is 0 Å². The van der Waals surface area contributed by atoms with Crippen molar-refractivity contribution in [2.75, 3.05) is 6.54 Å². The Morgan fingerprint density at radius 3 is 2.10 bits per heavy atom. The molecule has 0 spiro atoms.